The van der Waals surface area contributed by atoms with Crippen LogP contribution in [0, 0.1) is 0 Å². The van der Waals surface area contributed by atoms with E-state index in [1.807, 2.05) is 19.2 Å². The first-order chi connectivity index (χ1) is 8.02. The van der Waals surface area contributed by atoms with Gasteiger partial charge < -0.3 is 9.80 Å². The zero-order valence-corrected chi connectivity index (χ0v) is 11.8. The number of carbonyl (C=O) groups excluding carboxylic acids is 1. The van der Waals surface area contributed by atoms with Gasteiger partial charge in [-0.15, -0.1) is 11.8 Å². The number of nitrogens with zero attached hydrogens (tertiary/aromatic N) is 3. The Labute approximate surface area is 111 Å². The molecule has 6 heteroatoms. The molecule has 17 heavy (non-hydrogen) atoms. The van der Waals surface area contributed by atoms with Gasteiger partial charge in [-0.3, -0.25) is 9.69 Å². The van der Waals surface area contributed by atoms with E-state index in [1.54, 1.807) is 23.7 Å². The first kappa shape index (κ1) is 12.4. The number of thiocarbonyl (C=S) groups is 1. The van der Waals surface area contributed by atoms with Gasteiger partial charge in [0.15, 0.2) is 5.11 Å². The summed E-state index contributed by atoms with van der Waals surface area (Å²) in [6.45, 7) is 1.06. The van der Waals surface area contributed by atoms with Crippen molar-refractivity contribution in [2.24, 2.45) is 0 Å². The molecule has 92 valence electrons. The van der Waals surface area contributed by atoms with E-state index in [1.165, 1.54) is 9.93 Å². The molecule has 2 aliphatic rings. The van der Waals surface area contributed by atoms with Crippen molar-refractivity contribution in [3.63, 3.8) is 0 Å². The summed E-state index contributed by atoms with van der Waals surface area (Å²) in [5.74, 6) is 1.06. The lowest BCUT2D eigenvalue weighted by molar-refractivity contribution is -0.121. The fourth-order valence-corrected chi connectivity index (χ4v) is 2.98. The molecule has 0 atom stereocenters. The van der Waals surface area contributed by atoms with Crippen LogP contribution in [-0.4, -0.2) is 59.2 Å². The molecule has 4 nitrogen and oxygen atoms in total. The fourth-order valence-electron chi connectivity index (χ4n) is 1.75. The van der Waals surface area contributed by atoms with Gasteiger partial charge in [0, 0.05) is 33.4 Å². The number of allylic oxidation sites excluding steroid dienone is 2. The first-order valence-electron chi connectivity index (χ1n) is 5.34. The molecule has 2 saturated heterocycles. The first-order valence-corrected chi connectivity index (χ1v) is 6.73. The Hall–Kier alpha value is -1.01. The summed E-state index contributed by atoms with van der Waals surface area (Å²) in [5.41, 5.74) is 0.630. The average Bonchev–Trinajstić information content (AvgIpc) is 2.78. The summed E-state index contributed by atoms with van der Waals surface area (Å²) in [6.07, 6.45) is 3.84. The molecule has 1 amide bonds. The fraction of sp³-hybridized carbons (Fsp3) is 0.455. The minimum atomic E-state index is -0.0417. The molecular formula is C11H15N3OS2. The summed E-state index contributed by atoms with van der Waals surface area (Å²) in [4.78, 5) is 17.3. The Morgan fingerprint density at radius 3 is 2.41 bits per heavy atom. The van der Waals surface area contributed by atoms with Crippen LogP contribution < -0.4 is 0 Å². The Kier molecular flexibility index (Phi) is 3.44. The van der Waals surface area contributed by atoms with Gasteiger partial charge >= 0.3 is 0 Å². The number of thioether (sulfide) groups is 1. The zero-order chi connectivity index (χ0) is 12.6. The molecule has 2 fully saturated rings. The molecule has 0 aromatic heterocycles. The summed E-state index contributed by atoms with van der Waals surface area (Å²) in [6, 6.07) is 0. The molecule has 0 aromatic rings. The molecule has 0 spiro atoms. The second-order valence-corrected chi connectivity index (χ2v) is 5.51. The number of hydrogen-bond acceptors (Lipinski definition) is 4. The Morgan fingerprint density at radius 2 is 1.94 bits per heavy atom. The minimum absolute atomic E-state index is 0.0417. The second kappa shape index (κ2) is 4.70. The van der Waals surface area contributed by atoms with Crippen molar-refractivity contribution in [3.8, 4) is 0 Å². The lowest BCUT2D eigenvalue weighted by Gasteiger charge is -2.11. The summed E-state index contributed by atoms with van der Waals surface area (Å²) < 4.78 is 0. The maximum atomic E-state index is 11.9. The van der Waals surface area contributed by atoms with Gasteiger partial charge in [0.05, 0.1) is 5.03 Å². The van der Waals surface area contributed by atoms with E-state index in [-0.39, 0.29) is 5.91 Å². The number of amides is 1. The summed E-state index contributed by atoms with van der Waals surface area (Å²) in [5, 5.41) is 1.74. The van der Waals surface area contributed by atoms with Gasteiger partial charge in [-0.1, -0.05) is 0 Å². The summed E-state index contributed by atoms with van der Waals surface area (Å²) in [7, 11) is 5.58. The summed E-state index contributed by atoms with van der Waals surface area (Å²) >= 11 is 6.95. The van der Waals surface area contributed by atoms with Crippen LogP contribution in [0.1, 0.15) is 0 Å². The third kappa shape index (κ3) is 2.19. The van der Waals surface area contributed by atoms with Crippen LogP contribution in [0.5, 0.6) is 0 Å². The average molecular weight is 269 g/mol. The highest BCUT2D eigenvalue weighted by Crippen LogP contribution is 2.26. The van der Waals surface area contributed by atoms with Crippen molar-refractivity contribution in [3.05, 3.63) is 22.9 Å². The minimum Gasteiger partial charge on any atom is -0.369 e. The molecule has 0 bridgehead atoms. The largest absolute Gasteiger partial charge is 0.369 e. The predicted molar refractivity (Wildman–Crippen MR) is 74.4 cm³/mol. The topological polar surface area (TPSA) is 26.8 Å². The van der Waals surface area contributed by atoms with Gasteiger partial charge in [0.1, 0.15) is 5.70 Å². The zero-order valence-electron chi connectivity index (χ0n) is 10.1. The van der Waals surface area contributed by atoms with Crippen molar-refractivity contribution >= 4 is 35.0 Å². The molecule has 0 aromatic carbocycles. The number of carbonyl (C=O) groups is 1. The maximum absolute atomic E-state index is 11.9. The highest BCUT2D eigenvalue weighted by atomic mass is 32.2. The Bertz CT molecular complexity index is 430. The molecular weight excluding hydrogens is 254 g/mol. The van der Waals surface area contributed by atoms with Crippen molar-refractivity contribution < 1.29 is 4.79 Å². The molecule has 0 radical (unpaired) electrons. The van der Waals surface area contributed by atoms with Gasteiger partial charge in [-0.25, -0.2) is 0 Å². The van der Waals surface area contributed by atoms with Crippen LogP contribution >= 0.6 is 24.0 Å². The van der Waals surface area contributed by atoms with Crippen LogP contribution in [0.3, 0.4) is 0 Å². The van der Waals surface area contributed by atoms with Gasteiger partial charge in [-0.2, -0.15) is 0 Å². The van der Waals surface area contributed by atoms with Gasteiger partial charge in [-0.05, 0) is 24.4 Å². The molecule has 2 rings (SSSR count). The van der Waals surface area contributed by atoms with Crippen LogP contribution in [0.15, 0.2) is 22.9 Å². The van der Waals surface area contributed by atoms with Crippen molar-refractivity contribution in [2.75, 3.05) is 33.4 Å². The van der Waals surface area contributed by atoms with E-state index >= 15 is 0 Å². The quantitative estimate of drug-likeness (QED) is 0.524. The third-order valence-corrected chi connectivity index (χ3v) is 4.57. The maximum Gasteiger partial charge on any atom is 0.276 e. The molecule has 0 aliphatic carbocycles. The van der Waals surface area contributed by atoms with Crippen LogP contribution in [0.25, 0.3) is 0 Å². The normalized spacial score (nSPS) is 25.9. The molecule has 2 aliphatic heterocycles. The van der Waals surface area contributed by atoms with Gasteiger partial charge in [0.2, 0.25) is 0 Å². The van der Waals surface area contributed by atoms with Crippen molar-refractivity contribution in [1.82, 2.24) is 14.7 Å². The second-order valence-electron chi connectivity index (χ2n) is 4.03. The standard InChI is InChI=1S/C11H15N3OS2/c1-12-6-7-17-9(12)5-4-8-10(15)14(3)11(16)13(8)2/h4-5H,6-7H2,1-3H3/b8-4-,9-5-. The Balaban J connectivity index is 2.23. The highest BCUT2D eigenvalue weighted by Gasteiger charge is 2.32. The van der Waals surface area contributed by atoms with E-state index in [4.69, 9.17) is 12.2 Å². The number of rotatable bonds is 1. The van der Waals surface area contributed by atoms with E-state index in [0.717, 1.165) is 12.3 Å². The molecule has 0 saturated carbocycles. The van der Waals surface area contributed by atoms with Crippen molar-refractivity contribution in [2.45, 2.75) is 0 Å². The smallest absolute Gasteiger partial charge is 0.276 e. The van der Waals surface area contributed by atoms with E-state index in [9.17, 15) is 4.79 Å². The highest BCUT2D eigenvalue weighted by molar-refractivity contribution is 8.03. The molecule has 0 unspecified atom stereocenters. The van der Waals surface area contributed by atoms with E-state index < -0.39 is 0 Å². The van der Waals surface area contributed by atoms with E-state index in [0.29, 0.717) is 10.8 Å². The van der Waals surface area contributed by atoms with Crippen molar-refractivity contribution in [1.29, 1.82) is 0 Å². The lowest BCUT2D eigenvalue weighted by atomic mass is 10.3. The van der Waals surface area contributed by atoms with Crippen LogP contribution in [-0.2, 0) is 4.79 Å². The SMILES string of the molecule is CN1C(=O)/C(=C/C=C2\SCCN2C)N(C)C1=S. The van der Waals surface area contributed by atoms with Gasteiger partial charge in [0.25, 0.3) is 5.91 Å². The monoisotopic (exact) mass is 269 g/mol. The predicted octanol–water partition coefficient (Wildman–Crippen LogP) is 1.08. The molecule has 0 N–H and O–H groups in total. The number of hydrogen-bond donors (Lipinski definition) is 0. The molecule has 2 heterocycles. The Morgan fingerprint density at radius 1 is 1.24 bits per heavy atom. The third-order valence-electron chi connectivity index (χ3n) is 2.90. The number of likely N-dealkylation sites (N-methyl/N-ethyl adjacent to an activating group) is 2. The lowest BCUT2D eigenvalue weighted by Crippen LogP contribution is -2.26. The van der Waals surface area contributed by atoms with E-state index in [2.05, 4.69) is 11.9 Å². The van der Waals surface area contributed by atoms with Crippen LogP contribution in [0.2, 0.25) is 0 Å². The van der Waals surface area contributed by atoms with Crippen LogP contribution in [0.4, 0.5) is 0 Å².